The molecule has 1 aliphatic heterocycles. The van der Waals surface area contributed by atoms with Crippen molar-refractivity contribution in [3.8, 4) is 0 Å². The second-order valence-electron chi connectivity index (χ2n) is 13.6. The van der Waals surface area contributed by atoms with Crippen LogP contribution in [-0.4, -0.2) is 20.1 Å². The van der Waals surface area contributed by atoms with Crippen LogP contribution < -0.4 is 16.4 Å². The topological polar surface area (TPSA) is 0 Å². The number of allylic oxidation sites excluding steroid dienone is 3. The fraction of sp³-hybridized carbons (Fsp3) is 0.343. The van der Waals surface area contributed by atoms with Gasteiger partial charge in [0.2, 0.25) is 0 Å². The molecule has 2 unspecified atom stereocenters. The van der Waals surface area contributed by atoms with Gasteiger partial charge in [0.25, 0.3) is 0 Å². The Kier molecular flexibility index (Phi) is 6.65. The van der Waals surface area contributed by atoms with Crippen molar-refractivity contribution >= 4 is 47.6 Å². The molecule has 0 nitrogen and oxygen atoms in total. The molecular weight excluding hydrogens is 556 g/mol. The summed E-state index contributed by atoms with van der Waals surface area (Å²) in [4.78, 5) is 0. The molecule has 8 heteroatoms. The van der Waals surface area contributed by atoms with Crippen molar-refractivity contribution in [3.05, 3.63) is 99.6 Å². The fourth-order valence-corrected chi connectivity index (χ4v) is 7.13. The first-order chi connectivity index (χ1) is 19.9. The van der Waals surface area contributed by atoms with E-state index in [4.69, 9.17) is 0 Å². The van der Waals surface area contributed by atoms with Crippen LogP contribution in [0.4, 0.5) is 26.3 Å². The van der Waals surface area contributed by atoms with E-state index in [-0.39, 0.29) is 23.8 Å². The molecule has 0 saturated carbocycles. The van der Waals surface area contributed by atoms with E-state index < -0.39 is 34.8 Å². The first-order valence-corrected chi connectivity index (χ1v) is 14.6. The quantitative estimate of drug-likeness (QED) is 0.212. The Hall–Kier alpha value is -3.28. The van der Waals surface area contributed by atoms with Crippen molar-refractivity contribution in [1.29, 1.82) is 0 Å². The van der Waals surface area contributed by atoms with Gasteiger partial charge in [0.15, 0.2) is 0 Å². The monoisotopic (exact) mass is 588 g/mol. The average molecular weight is 588 g/mol. The van der Waals surface area contributed by atoms with E-state index in [9.17, 15) is 26.3 Å². The van der Waals surface area contributed by atoms with Crippen LogP contribution in [-0.2, 0) is 17.8 Å². The predicted octanol–water partition coefficient (Wildman–Crippen LogP) is 7.75. The van der Waals surface area contributed by atoms with Crippen molar-refractivity contribution in [2.45, 2.75) is 71.0 Å². The minimum atomic E-state index is -4.89. The van der Waals surface area contributed by atoms with E-state index >= 15 is 0 Å². The molecule has 0 aromatic heterocycles. The van der Waals surface area contributed by atoms with E-state index in [2.05, 4.69) is 77.4 Å². The summed E-state index contributed by atoms with van der Waals surface area (Å²) in [6.07, 6.45) is -4.56. The number of fused-ring (bicyclic) bond motifs is 4. The van der Waals surface area contributed by atoms with Gasteiger partial charge in [-0.1, -0.05) is 0 Å². The molecule has 0 bridgehead atoms. The van der Waals surface area contributed by atoms with Gasteiger partial charge < -0.3 is 0 Å². The zero-order valence-corrected chi connectivity index (χ0v) is 24.9. The van der Waals surface area contributed by atoms with Gasteiger partial charge in [0.05, 0.1) is 0 Å². The molecule has 3 aliphatic rings. The molecule has 0 saturated heterocycles. The molecule has 0 spiro atoms. The van der Waals surface area contributed by atoms with Crippen LogP contribution in [0.5, 0.6) is 0 Å². The van der Waals surface area contributed by atoms with Crippen molar-refractivity contribution in [3.63, 3.8) is 0 Å². The Bertz CT molecular complexity index is 1700. The van der Waals surface area contributed by atoms with Gasteiger partial charge >= 0.3 is 250 Å². The Labute approximate surface area is 249 Å². The summed E-state index contributed by atoms with van der Waals surface area (Å²) in [5.41, 5.74) is 6.97. The summed E-state index contributed by atoms with van der Waals surface area (Å²) in [6, 6.07) is 12.9. The Morgan fingerprint density at radius 2 is 1.49 bits per heavy atom. The molecule has 2 aliphatic carbocycles. The molecule has 0 N–H and O–H groups in total. The third kappa shape index (κ3) is 4.95. The molecule has 43 heavy (non-hydrogen) atoms. The maximum atomic E-state index is 13.7. The van der Waals surface area contributed by atoms with Gasteiger partial charge in [0, 0.05) is 0 Å². The third-order valence-corrected chi connectivity index (χ3v) is 9.59. The second kappa shape index (κ2) is 9.61. The van der Waals surface area contributed by atoms with E-state index in [0.29, 0.717) is 12.8 Å². The summed E-state index contributed by atoms with van der Waals surface area (Å²) in [6.45, 7) is 16.8. The van der Waals surface area contributed by atoms with Gasteiger partial charge in [-0.25, -0.2) is 0 Å². The zero-order chi connectivity index (χ0) is 31.3. The summed E-state index contributed by atoms with van der Waals surface area (Å²) in [7, 11) is 0. The second-order valence-corrected chi connectivity index (χ2v) is 13.6. The number of alkyl halides is 6. The van der Waals surface area contributed by atoms with Gasteiger partial charge in [-0.15, -0.1) is 0 Å². The fourth-order valence-electron chi connectivity index (χ4n) is 7.13. The van der Waals surface area contributed by atoms with E-state index in [1.165, 1.54) is 16.6 Å². The van der Waals surface area contributed by atoms with Gasteiger partial charge in [0.1, 0.15) is 0 Å². The summed E-state index contributed by atoms with van der Waals surface area (Å²) >= 11 is 0. The van der Waals surface area contributed by atoms with Crippen LogP contribution in [0, 0.1) is 5.41 Å². The standard InChI is InChI=1S/C35H32B2F6/c1-32(2,3)21-7-8-25-27-18-33(4)10-9-19(20-11-22(34(38,39)40)14-23(12-20)35(41,42)43)13-28(33)26-16-24(36-5)17-30(31(26)27)37(6)29(25)15-21/h7-8,11-19H,5,9-10H2,1-4,6H3. The molecule has 1 heterocycles. The number of benzene rings is 3. The molecule has 2 atom stereocenters. The SMILES string of the molecule is C=Bc1cc2c3c(c1)C1=CC(c4cc(C(F)(F)F)cc(C(F)(F)F)c4)CCC1(C)C=C3c1ccc(C(C)(C)C)cc1B2C. The first-order valence-electron chi connectivity index (χ1n) is 14.6. The maximum absolute atomic E-state index is 13.7. The van der Waals surface area contributed by atoms with Gasteiger partial charge in [-0.3, -0.25) is 0 Å². The van der Waals surface area contributed by atoms with Crippen molar-refractivity contribution < 1.29 is 26.3 Å². The van der Waals surface area contributed by atoms with Crippen LogP contribution in [0.2, 0.25) is 6.82 Å². The molecular formula is C35H32B2F6. The summed E-state index contributed by atoms with van der Waals surface area (Å²) < 4.78 is 82.2. The van der Waals surface area contributed by atoms with Crippen molar-refractivity contribution in [2.75, 3.05) is 0 Å². The van der Waals surface area contributed by atoms with Crippen LogP contribution in [0.25, 0.3) is 11.1 Å². The van der Waals surface area contributed by atoms with Crippen LogP contribution in [0.1, 0.15) is 85.4 Å². The van der Waals surface area contributed by atoms with Crippen LogP contribution in [0.15, 0.2) is 60.7 Å². The summed E-state index contributed by atoms with van der Waals surface area (Å²) in [5, 5.41) is 0. The predicted molar refractivity (Wildman–Crippen MR) is 167 cm³/mol. The number of rotatable bonds is 2. The molecule has 3 aromatic carbocycles. The van der Waals surface area contributed by atoms with Crippen LogP contribution >= 0.6 is 0 Å². The molecule has 0 amide bonds. The number of halogens is 6. The number of hydrogen-bond donors (Lipinski definition) is 0. The molecule has 220 valence electrons. The Morgan fingerprint density at radius 3 is 2.07 bits per heavy atom. The summed E-state index contributed by atoms with van der Waals surface area (Å²) in [5.74, 6) is -0.591. The Balaban J connectivity index is 1.56. The van der Waals surface area contributed by atoms with Crippen molar-refractivity contribution in [2.24, 2.45) is 5.41 Å². The zero-order valence-electron chi connectivity index (χ0n) is 24.9. The van der Waals surface area contributed by atoms with E-state index in [0.717, 1.165) is 45.3 Å². The molecule has 6 rings (SSSR count). The Morgan fingerprint density at radius 1 is 0.837 bits per heavy atom. The van der Waals surface area contributed by atoms with E-state index in [1.807, 2.05) is 6.08 Å². The minimum absolute atomic E-state index is 0.0141. The number of hydrogen-bond acceptors (Lipinski definition) is 0. The normalized spacial score (nSPS) is 21.3. The molecule has 0 fully saturated rings. The molecule has 0 radical (unpaired) electrons. The van der Waals surface area contributed by atoms with Crippen molar-refractivity contribution in [1.82, 2.24) is 0 Å². The van der Waals surface area contributed by atoms with Gasteiger partial charge in [-0.05, 0) is 0 Å². The van der Waals surface area contributed by atoms with Gasteiger partial charge in [-0.2, -0.15) is 0 Å². The van der Waals surface area contributed by atoms with Crippen LogP contribution in [0.3, 0.4) is 0 Å². The molecule has 3 aromatic rings. The van der Waals surface area contributed by atoms with E-state index in [1.54, 1.807) is 6.92 Å². The third-order valence-electron chi connectivity index (χ3n) is 9.59. The first kappa shape index (κ1) is 29.8. The average Bonchev–Trinajstić information content (AvgIpc) is 2.93.